The molecule has 78 valence electrons. The van der Waals surface area contributed by atoms with Crippen LogP contribution >= 0.6 is 0 Å². The zero-order chi connectivity index (χ0) is 10.4. The molecule has 2 atom stereocenters. The van der Waals surface area contributed by atoms with E-state index < -0.39 is 0 Å². The van der Waals surface area contributed by atoms with Crippen molar-refractivity contribution in [2.24, 2.45) is 11.7 Å². The van der Waals surface area contributed by atoms with Gasteiger partial charge in [0.2, 0.25) is 0 Å². The number of aromatic nitrogens is 1. The van der Waals surface area contributed by atoms with Gasteiger partial charge in [0.05, 0.1) is 5.69 Å². The van der Waals surface area contributed by atoms with E-state index in [1.54, 1.807) is 0 Å². The van der Waals surface area contributed by atoms with Crippen LogP contribution in [0, 0.1) is 5.92 Å². The summed E-state index contributed by atoms with van der Waals surface area (Å²) in [4.78, 5) is 4.33. The number of nitrogens with one attached hydrogen (secondary N) is 1. The van der Waals surface area contributed by atoms with Crippen molar-refractivity contribution in [3.8, 4) is 0 Å². The quantitative estimate of drug-likeness (QED) is 0.741. The summed E-state index contributed by atoms with van der Waals surface area (Å²) < 4.78 is 0. The first-order valence-electron chi connectivity index (χ1n) is 5.06. The van der Waals surface area contributed by atoms with Gasteiger partial charge in [-0.25, -0.2) is 0 Å². The van der Waals surface area contributed by atoms with Crippen molar-refractivity contribution in [3.05, 3.63) is 30.1 Å². The molecule has 0 amide bonds. The zero-order valence-corrected chi connectivity index (χ0v) is 8.90. The van der Waals surface area contributed by atoms with Crippen molar-refractivity contribution in [2.45, 2.75) is 19.4 Å². The van der Waals surface area contributed by atoms with E-state index in [1.807, 2.05) is 31.4 Å². The molecule has 0 aliphatic carbocycles. The zero-order valence-electron chi connectivity index (χ0n) is 8.90. The summed E-state index contributed by atoms with van der Waals surface area (Å²) >= 11 is 0. The molecule has 1 heterocycles. The van der Waals surface area contributed by atoms with Gasteiger partial charge in [-0.3, -0.25) is 4.98 Å². The average molecular weight is 193 g/mol. The Morgan fingerprint density at radius 1 is 1.50 bits per heavy atom. The van der Waals surface area contributed by atoms with E-state index in [0.29, 0.717) is 12.0 Å². The Morgan fingerprint density at radius 3 is 2.79 bits per heavy atom. The molecule has 0 spiro atoms. The van der Waals surface area contributed by atoms with Crippen LogP contribution < -0.4 is 11.1 Å². The first-order chi connectivity index (χ1) is 6.77. The number of nitrogens with zero attached hydrogens (tertiary/aromatic N) is 1. The van der Waals surface area contributed by atoms with Crippen molar-refractivity contribution >= 4 is 0 Å². The molecule has 1 rings (SSSR count). The van der Waals surface area contributed by atoms with E-state index in [0.717, 1.165) is 18.7 Å². The molecule has 1 aromatic rings. The molecule has 3 nitrogen and oxygen atoms in total. The van der Waals surface area contributed by atoms with Crippen molar-refractivity contribution in [2.75, 3.05) is 13.6 Å². The number of pyridine rings is 1. The van der Waals surface area contributed by atoms with E-state index in [4.69, 9.17) is 5.73 Å². The van der Waals surface area contributed by atoms with E-state index in [9.17, 15) is 0 Å². The van der Waals surface area contributed by atoms with Crippen LogP contribution in [0.1, 0.15) is 25.1 Å². The Bertz CT molecular complexity index is 248. The fourth-order valence-corrected chi connectivity index (χ4v) is 1.47. The normalized spacial score (nSPS) is 15.1. The standard InChI is InChI=1S/C11H19N3/c1-9(8-12)7-11(13-2)10-5-3-4-6-14-10/h3-6,9,11,13H,7-8,12H2,1-2H3. The van der Waals surface area contributed by atoms with Crippen LogP contribution in [0.3, 0.4) is 0 Å². The maximum absolute atomic E-state index is 5.60. The number of hydrogen-bond acceptors (Lipinski definition) is 3. The Hall–Kier alpha value is -0.930. The molecule has 0 saturated heterocycles. The second kappa shape index (κ2) is 5.73. The monoisotopic (exact) mass is 193 g/mol. The highest BCUT2D eigenvalue weighted by atomic mass is 14.9. The third-order valence-electron chi connectivity index (χ3n) is 2.43. The molecule has 0 aliphatic rings. The lowest BCUT2D eigenvalue weighted by molar-refractivity contribution is 0.431. The van der Waals surface area contributed by atoms with Gasteiger partial charge in [-0.05, 0) is 38.1 Å². The fraction of sp³-hybridized carbons (Fsp3) is 0.545. The van der Waals surface area contributed by atoms with Gasteiger partial charge < -0.3 is 11.1 Å². The predicted octanol–water partition coefficient (Wildman–Crippen LogP) is 1.33. The van der Waals surface area contributed by atoms with Crippen molar-refractivity contribution in [1.82, 2.24) is 10.3 Å². The highest BCUT2D eigenvalue weighted by Gasteiger charge is 2.12. The number of hydrogen-bond donors (Lipinski definition) is 2. The minimum Gasteiger partial charge on any atom is -0.330 e. The van der Waals surface area contributed by atoms with Crippen molar-refractivity contribution < 1.29 is 0 Å². The molecule has 3 N–H and O–H groups in total. The largest absolute Gasteiger partial charge is 0.330 e. The smallest absolute Gasteiger partial charge is 0.0573 e. The average Bonchev–Trinajstić information content (AvgIpc) is 2.26. The molecule has 3 heteroatoms. The van der Waals surface area contributed by atoms with Gasteiger partial charge in [0.1, 0.15) is 0 Å². The maximum atomic E-state index is 5.60. The topological polar surface area (TPSA) is 50.9 Å². The first kappa shape index (κ1) is 11.1. The van der Waals surface area contributed by atoms with Crippen molar-refractivity contribution in [1.29, 1.82) is 0 Å². The lowest BCUT2D eigenvalue weighted by atomic mass is 9.99. The summed E-state index contributed by atoms with van der Waals surface area (Å²) in [5, 5.41) is 3.27. The first-order valence-corrected chi connectivity index (χ1v) is 5.06. The molecular formula is C11H19N3. The molecule has 0 fully saturated rings. The summed E-state index contributed by atoms with van der Waals surface area (Å²) in [6.45, 7) is 2.89. The van der Waals surface area contributed by atoms with Gasteiger partial charge in [0.15, 0.2) is 0 Å². The molecule has 0 saturated carbocycles. The number of rotatable bonds is 5. The van der Waals surface area contributed by atoms with E-state index in [1.165, 1.54) is 0 Å². The lowest BCUT2D eigenvalue weighted by Gasteiger charge is -2.18. The summed E-state index contributed by atoms with van der Waals surface area (Å²) in [5.41, 5.74) is 6.70. The molecule has 0 radical (unpaired) electrons. The van der Waals surface area contributed by atoms with Gasteiger partial charge in [-0.1, -0.05) is 13.0 Å². The molecule has 0 aromatic carbocycles. The third kappa shape index (κ3) is 3.09. The summed E-state index contributed by atoms with van der Waals surface area (Å²) in [5.74, 6) is 0.523. The molecule has 0 aliphatic heterocycles. The summed E-state index contributed by atoms with van der Waals surface area (Å²) in [7, 11) is 1.96. The highest BCUT2D eigenvalue weighted by Crippen LogP contribution is 2.17. The van der Waals surface area contributed by atoms with Crippen molar-refractivity contribution in [3.63, 3.8) is 0 Å². The van der Waals surface area contributed by atoms with Crippen LogP contribution in [0.4, 0.5) is 0 Å². The van der Waals surface area contributed by atoms with Gasteiger partial charge in [-0.15, -0.1) is 0 Å². The Labute approximate surface area is 85.7 Å². The van der Waals surface area contributed by atoms with E-state index >= 15 is 0 Å². The van der Waals surface area contributed by atoms with Crippen LogP contribution in [0.25, 0.3) is 0 Å². The molecule has 0 bridgehead atoms. The maximum Gasteiger partial charge on any atom is 0.0573 e. The van der Waals surface area contributed by atoms with Gasteiger partial charge >= 0.3 is 0 Å². The highest BCUT2D eigenvalue weighted by molar-refractivity contribution is 5.08. The van der Waals surface area contributed by atoms with Crippen LogP contribution in [-0.4, -0.2) is 18.6 Å². The Kier molecular flexibility index (Phi) is 4.56. The van der Waals surface area contributed by atoms with Gasteiger partial charge in [0.25, 0.3) is 0 Å². The minimum absolute atomic E-state index is 0.315. The second-order valence-electron chi connectivity index (χ2n) is 3.67. The SMILES string of the molecule is CNC(CC(C)CN)c1ccccn1. The van der Waals surface area contributed by atoms with Gasteiger partial charge in [-0.2, -0.15) is 0 Å². The predicted molar refractivity (Wildman–Crippen MR) is 58.9 cm³/mol. The van der Waals surface area contributed by atoms with Gasteiger partial charge in [0, 0.05) is 12.2 Å². The molecule has 2 unspecified atom stereocenters. The van der Waals surface area contributed by atoms with Crippen LogP contribution in [-0.2, 0) is 0 Å². The lowest BCUT2D eigenvalue weighted by Crippen LogP contribution is -2.23. The fourth-order valence-electron chi connectivity index (χ4n) is 1.47. The van der Waals surface area contributed by atoms with Crippen LogP contribution in [0.5, 0.6) is 0 Å². The molecule has 1 aromatic heterocycles. The molecular weight excluding hydrogens is 174 g/mol. The Balaban J connectivity index is 2.63. The van der Waals surface area contributed by atoms with E-state index in [2.05, 4.69) is 17.2 Å². The van der Waals surface area contributed by atoms with Crippen LogP contribution in [0.2, 0.25) is 0 Å². The molecule has 14 heavy (non-hydrogen) atoms. The third-order valence-corrected chi connectivity index (χ3v) is 2.43. The van der Waals surface area contributed by atoms with E-state index in [-0.39, 0.29) is 0 Å². The number of nitrogens with two attached hydrogens (primary N) is 1. The Morgan fingerprint density at radius 2 is 2.29 bits per heavy atom. The summed E-state index contributed by atoms with van der Waals surface area (Å²) in [6, 6.07) is 6.31. The summed E-state index contributed by atoms with van der Waals surface area (Å²) in [6.07, 6.45) is 2.86. The minimum atomic E-state index is 0.315. The van der Waals surface area contributed by atoms with Crippen LogP contribution in [0.15, 0.2) is 24.4 Å². The second-order valence-corrected chi connectivity index (χ2v) is 3.67.